The number of nitrogens with one attached hydrogen (secondary N) is 2. The van der Waals surface area contributed by atoms with Crippen LogP contribution in [0.1, 0.15) is 43.9 Å². The van der Waals surface area contributed by atoms with Crippen LogP contribution in [0.5, 0.6) is 0 Å². The second-order valence-corrected chi connectivity index (χ2v) is 4.72. The van der Waals surface area contributed by atoms with Crippen LogP contribution in [0.4, 0.5) is 0 Å². The smallest absolute Gasteiger partial charge is 0.306 e. The lowest BCUT2D eigenvalue weighted by Crippen LogP contribution is -2.17. The summed E-state index contributed by atoms with van der Waals surface area (Å²) in [5.74, 6) is 0.0476. The van der Waals surface area contributed by atoms with Crippen molar-refractivity contribution < 1.29 is 9.53 Å². The fraction of sp³-hybridized carbons (Fsp3) is 0.667. The summed E-state index contributed by atoms with van der Waals surface area (Å²) in [7, 11) is 1.36. The number of carbonyl (C=O) groups excluding carboxylic acids is 1. The standard InChI is InChI=1S/C12H20N2O3/c1-7(2)5-9(6-10(15)17-4)11-8(3)13-14-12(11)16/h7,9H,5-6H2,1-4H3,(H2,13,14,16)/t9-/m0/s1. The number of aryl methyl sites for hydroxylation is 1. The summed E-state index contributed by atoms with van der Waals surface area (Å²) < 4.78 is 4.68. The molecule has 5 heteroatoms. The third-order valence-corrected chi connectivity index (χ3v) is 2.82. The Labute approximate surface area is 101 Å². The number of aromatic nitrogens is 2. The molecule has 1 aromatic rings. The van der Waals surface area contributed by atoms with Crippen molar-refractivity contribution >= 4 is 5.97 Å². The number of hydrogen-bond donors (Lipinski definition) is 2. The number of esters is 1. The highest BCUT2D eigenvalue weighted by molar-refractivity contribution is 5.70. The molecule has 1 heterocycles. The number of methoxy groups -OCH3 is 1. The molecular weight excluding hydrogens is 220 g/mol. The van der Waals surface area contributed by atoms with Crippen LogP contribution in [0.2, 0.25) is 0 Å². The third kappa shape index (κ3) is 3.47. The van der Waals surface area contributed by atoms with Gasteiger partial charge in [0.25, 0.3) is 5.56 Å². The van der Waals surface area contributed by atoms with Crippen molar-refractivity contribution in [3.63, 3.8) is 0 Å². The average molecular weight is 240 g/mol. The van der Waals surface area contributed by atoms with Crippen LogP contribution in [-0.4, -0.2) is 23.3 Å². The van der Waals surface area contributed by atoms with Crippen molar-refractivity contribution in [3.05, 3.63) is 21.6 Å². The normalized spacial score (nSPS) is 12.8. The molecule has 5 nitrogen and oxygen atoms in total. The van der Waals surface area contributed by atoms with E-state index in [1.807, 2.05) is 6.92 Å². The number of hydrogen-bond acceptors (Lipinski definition) is 3. The quantitative estimate of drug-likeness (QED) is 0.769. The van der Waals surface area contributed by atoms with Crippen LogP contribution >= 0.6 is 0 Å². The molecule has 0 unspecified atom stereocenters. The number of ether oxygens (including phenoxy) is 1. The molecule has 0 aliphatic heterocycles. The van der Waals surface area contributed by atoms with E-state index in [9.17, 15) is 9.59 Å². The van der Waals surface area contributed by atoms with Crippen molar-refractivity contribution in [2.24, 2.45) is 5.92 Å². The Hall–Kier alpha value is -1.52. The summed E-state index contributed by atoms with van der Waals surface area (Å²) in [5, 5.41) is 5.34. The van der Waals surface area contributed by atoms with Gasteiger partial charge in [-0.15, -0.1) is 0 Å². The maximum atomic E-state index is 11.7. The first-order valence-electron chi connectivity index (χ1n) is 5.79. The van der Waals surface area contributed by atoms with Crippen molar-refractivity contribution in [1.82, 2.24) is 10.2 Å². The van der Waals surface area contributed by atoms with Crippen LogP contribution in [0.3, 0.4) is 0 Å². The summed E-state index contributed by atoms with van der Waals surface area (Å²) in [4.78, 5) is 23.1. The lowest BCUT2D eigenvalue weighted by molar-refractivity contribution is -0.141. The average Bonchev–Trinajstić information content (AvgIpc) is 2.56. The molecule has 0 aliphatic rings. The van der Waals surface area contributed by atoms with Gasteiger partial charge in [0.05, 0.1) is 13.5 Å². The Morgan fingerprint density at radius 3 is 2.41 bits per heavy atom. The summed E-state index contributed by atoms with van der Waals surface area (Å²) in [6.45, 7) is 5.97. The maximum absolute atomic E-state index is 11.7. The minimum absolute atomic E-state index is 0.0857. The Morgan fingerprint density at radius 1 is 1.35 bits per heavy atom. The first kappa shape index (κ1) is 13.5. The van der Waals surface area contributed by atoms with Gasteiger partial charge in [-0.05, 0) is 19.3 Å². The van der Waals surface area contributed by atoms with E-state index in [-0.39, 0.29) is 23.9 Å². The zero-order valence-corrected chi connectivity index (χ0v) is 10.8. The first-order chi connectivity index (χ1) is 7.95. The fourth-order valence-corrected chi connectivity index (χ4v) is 2.10. The first-order valence-corrected chi connectivity index (χ1v) is 5.79. The molecule has 96 valence electrons. The molecule has 0 fully saturated rings. The van der Waals surface area contributed by atoms with Crippen LogP contribution in [0.15, 0.2) is 4.79 Å². The van der Waals surface area contributed by atoms with E-state index in [4.69, 9.17) is 0 Å². The van der Waals surface area contributed by atoms with Gasteiger partial charge in [0.15, 0.2) is 0 Å². The second-order valence-electron chi connectivity index (χ2n) is 4.72. The van der Waals surface area contributed by atoms with E-state index in [2.05, 4.69) is 28.8 Å². The molecule has 0 radical (unpaired) electrons. The van der Waals surface area contributed by atoms with E-state index in [0.29, 0.717) is 11.5 Å². The Kier molecular flexibility index (Phi) is 4.54. The van der Waals surface area contributed by atoms with E-state index in [1.54, 1.807) is 0 Å². The minimum Gasteiger partial charge on any atom is -0.469 e. The van der Waals surface area contributed by atoms with Crippen molar-refractivity contribution in [1.29, 1.82) is 0 Å². The second kappa shape index (κ2) is 5.70. The predicted molar refractivity (Wildman–Crippen MR) is 65.0 cm³/mol. The number of carbonyl (C=O) groups is 1. The Balaban J connectivity index is 2.97. The topological polar surface area (TPSA) is 75.0 Å². The van der Waals surface area contributed by atoms with Gasteiger partial charge in [-0.25, -0.2) is 0 Å². The van der Waals surface area contributed by atoms with Gasteiger partial charge in [-0.1, -0.05) is 13.8 Å². The van der Waals surface area contributed by atoms with Crippen LogP contribution in [0.25, 0.3) is 0 Å². The molecule has 0 spiro atoms. The molecule has 1 aromatic heterocycles. The lowest BCUT2D eigenvalue weighted by Gasteiger charge is -2.16. The van der Waals surface area contributed by atoms with Crippen LogP contribution in [0, 0.1) is 12.8 Å². The molecule has 0 saturated carbocycles. The minimum atomic E-state index is -0.282. The number of aromatic amines is 2. The van der Waals surface area contributed by atoms with Gasteiger partial charge in [-0.2, -0.15) is 0 Å². The molecule has 17 heavy (non-hydrogen) atoms. The SMILES string of the molecule is COC(=O)C[C@H](CC(C)C)c1c(C)[nH][nH]c1=O. The van der Waals surface area contributed by atoms with E-state index >= 15 is 0 Å². The molecule has 1 rings (SSSR count). The van der Waals surface area contributed by atoms with Gasteiger partial charge >= 0.3 is 5.97 Å². The predicted octanol–water partition coefficient (Wildman–Crippen LogP) is 1.70. The molecule has 0 saturated heterocycles. The number of rotatable bonds is 5. The van der Waals surface area contributed by atoms with Crippen LogP contribution in [-0.2, 0) is 9.53 Å². The largest absolute Gasteiger partial charge is 0.469 e. The highest BCUT2D eigenvalue weighted by Gasteiger charge is 2.23. The van der Waals surface area contributed by atoms with Crippen molar-refractivity contribution in [2.75, 3.05) is 7.11 Å². The fourth-order valence-electron chi connectivity index (χ4n) is 2.10. The molecule has 2 N–H and O–H groups in total. The van der Waals surface area contributed by atoms with E-state index in [1.165, 1.54) is 7.11 Å². The zero-order chi connectivity index (χ0) is 13.0. The molecule has 0 aliphatic carbocycles. The van der Waals surface area contributed by atoms with Gasteiger partial charge in [0, 0.05) is 17.2 Å². The lowest BCUT2D eigenvalue weighted by atomic mass is 9.88. The zero-order valence-electron chi connectivity index (χ0n) is 10.8. The van der Waals surface area contributed by atoms with Gasteiger partial charge < -0.3 is 9.84 Å². The Morgan fingerprint density at radius 2 is 2.00 bits per heavy atom. The van der Waals surface area contributed by atoms with Gasteiger partial charge in [0.1, 0.15) is 0 Å². The third-order valence-electron chi connectivity index (χ3n) is 2.82. The summed E-state index contributed by atoms with van der Waals surface area (Å²) in [5.41, 5.74) is 1.32. The van der Waals surface area contributed by atoms with Crippen LogP contribution < -0.4 is 5.56 Å². The Bertz CT molecular complexity index is 431. The highest BCUT2D eigenvalue weighted by Crippen LogP contribution is 2.26. The summed E-state index contributed by atoms with van der Waals surface area (Å²) in [6.07, 6.45) is 1.04. The van der Waals surface area contributed by atoms with Crippen molar-refractivity contribution in [2.45, 2.75) is 39.5 Å². The summed E-state index contributed by atoms with van der Waals surface area (Å²) >= 11 is 0. The maximum Gasteiger partial charge on any atom is 0.306 e. The van der Waals surface area contributed by atoms with Gasteiger partial charge in [0.2, 0.25) is 0 Å². The molecule has 0 bridgehead atoms. The summed E-state index contributed by atoms with van der Waals surface area (Å²) in [6, 6.07) is 0. The molecule has 0 aromatic carbocycles. The van der Waals surface area contributed by atoms with Crippen molar-refractivity contribution in [3.8, 4) is 0 Å². The monoisotopic (exact) mass is 240 g/mol. The number of H-pyrrole nitrogens is 2. The molecule has 1 atom stereocenters. The molecular formula is C12H20N2O3. The molecule has 0 amide bonds. The van der Waals surface area contributed by atoms with E-state index in [0.717, 1.165) is 12.1 Å². The van der Waals surface area contributed by atoms with E-state index < -0.39 is 0 Å². The highest BCUT2D eigenvalue weighted by atomic mass is 16.5. The van der Waals surface area contributed by atoms with Gasteiger partial charge in [-0.3, -0.25) is 14.7 Å².